The van der Waals surface area contributed by atoms with Gasteiger partial charge in [0.2, 0.25) is 5.91 Å². The molecular formula is C31H59NO13. The zero-order valence-electron chi connectivity index (χ0n) is 27.6. The highest BCUT2D eigenvalue weighted by Gasteiger charge is 2.17. The number of aliphatic carboxylic acids is 1. The van der Waals surface area contributed by atoms with Gasteiger partial charge in [-0.15, -0.1) is 0 Å². The molecule has 0 saturated carbocycles. The van der Waals surface area contributed by atoms with Crippen molar-refractivity contribution in [2.45, 2.75) is 58.8 Å². The van der Waals surface area contributed by atoms with E-state index in [0.717, 1.165) is 25.7 Å². The van der Waals surface area contributed by atoms with Crippen LogP contribution in [-0.4, -0.2) is 142 Å². The van der Waals surface area contributed by atoms with Crippen LogP contribution in [0.15, 0.2) is 0 Å². The van der Waals surface area contributed by atoms with E-state index in [0.29, 0.717) is 119 Å². The molecule has 0 aliphatic carbocycles. The van der Waals surface area contributed by atoms with E-state index in [1.807, 2.05) is 6.92 Å². The number of amides is 1. The van der Waals surface area contributed by atoms with Crippen molar-refractivity contribution >= 4 is 17.8 Å². The number of esters is 1. The third-order valence-electron chi connectivity index (χ3n) is 6.16. The molecule has 0 aliphatic heterocycles. The summed E-state index contributed by atoms with van der Waals surface area (Å²) in [6.07, 6.45) is 4.28. The van der Waals surface area contributed by atoms with E-state index in [1.54, 1.807) is 0 Å². The van der Waals surface area contributed by atoms with Crippen molar-refractivity contribution in [2.75, 3.05) is 119 Å². The van der Waals surface area contributed by atoms with Gasteiger partial charge in [0.1, 0.15) is 6.61 Å². The number of unbranched alkanes of at least 4 members (excludes halogenated alkanes) is 1. The third kappa shape index (κ3) is 33.3. The fourth-order valence-electron chi connectivity index (χ4n) is 3.61. The lowest BCUT2D eigenvalue weighted by Gasteiger charge is -2.13. The van der Waals surface area contributed by atoms with Crippen LogP contribution in [0.25, 0.3) is 0 Å². The first-order valence-corrected chi connectivity index (χ1v) is 16.3. The molecule has 0 heterocycles. The van der Waals surface area contributed by atoms with Gasteiger partial charge in [0.25, 0.3) is 0 Å². The highest BCUT2D eigenvalue weighted by atomic mass is 16.6. The summed E-state index contributed by atoms with van der Waals surface area (Å²) >= 11 is 0. The van der Waals surface area contributed by atoms with Crippen molar-refractivity contribution in [2.24, 2.45) is 5.92 Å². The molecule has 1 amide bonds. The summed E-state index contributed by atoms with van der Waals surface area (Å²) in [7, 11) is 0. The number of nitrogens with one attached hydrogen (secondary N) is 1. The highest BCUT2D eigenvalue weighted by molar-refractivity contribution is 5.80. The number of carbonyl (C=O) groups excluding carboxylic acids is 2. The van der Waals surface area contributed by atoms with Gasteiger partial charge in [0.15, 0.2) is 0 Å². The summed E-state index contributed by atoms with van der Waals surface area (Å²) in [6, 6.07) is 0. The van der Waals surface area contributed by atoms with E-state index in [2.05, 4.69) is 12.2 Å². The lowest BCUT2D eigenvalue weighted by molar-refractivity contribution is -0.150. The Labute approximate surface area is 269 Å². The fraction of sp³-hybridized carbons (Fsp3) is 0.903. The Morgan fingerprint density at radius 2 is 0.956 bits per heavy atom. The Morgan fingerprint density at radius 1 is 0.556 bits per heavy atom. The second-order valence-corrected chi connectivity index (χ2v) is 9.91. The lowest BCUT2D eigenvalue weighted by atomic mass is 10.00. The molecule has 1 atom stereocenters. The van der Waals surface area contributed by atoms with Crippen LogP contribution >= 0.6 is 0 Å². The summed E-state index contributed by atoms with van der Waals surface area (Å²) in [6.45, 7) is 12.2. The van der Waals surface area contributed by atoms with Crippen LogP contribution < -0.4 is 5.32 Å². The Kier molecular flexibility index (Phi) is 33.5. The maximum Gasteiger partial charge on any atom is 0.308 e. The van der Waals surface area contributed by atoms with Gasteiger partial charge in [0.05, 0.1) is 111 Å². The molecule has 0 bridgehead atoms. The highest BCUT2D eigenvalue weighted by Crippen LogP contribution is 2.14. The molecule has 45 heavy (non-hydrogen) atoms. The first-order valence-electron chi connectivity index (χ1n) is 16.3. The van der Waals surface area contributed by atoms with E-state index in [1.165, 1.54) is 0 Å². The van der Waals surface area contributed by atoms with Crippen LogP contribution in [0, 0.1) is 5.92 Å². The molecule has 0 rings (SSSR count). The molecule has 266 valence electrons. The van der Waals surface area contributed by atoms with Gasteiger partial charge in [-0.2, -0.15) is 0 Å². The number of hydrogen-bond acceptors (Lipinski definition) is 12. The van der Waals surface area contributed by atoms with Gasteiger partial charge < -0.3 is 53.1 Å². The Hall–Kier alpha value is -1.91. The van der Waals surface area contributed by atoms with E-state index in [4.69, 9.17) is 47.7 Å². The zero-order chi connectivity index (χ0) is 33.1. The van der Waals surface area contributed by atoms with Gasteiger partial charge in [-0.1, -0.05) is 26.7 Å². The first kappa shape index (κ1) is 43.1. The van der Waals surface area contributed by atoms with E-state index >= 15 is 0 Å². The molecule has 0 radical (unpaired) electrons. The van der Waals surface area contributed by atoms with Crippen LogP contribution in [0.5, 0.6) is 0 Å². The quantitative estimate of drug-likeness (QED) is 0.0747. The third-order valence-corrected chi connectivity index (χ3v) is 6.16. The van der Waals surface area contributed by atoms with Crippen LogP contribution in [0.2, 0.25) is 0 Å². The van der Waals surface area contributed by atoms with Crippen LogP contribution in [-0.2, 0) is 57.0 Å². The van der Waals surface area contributed by atoms with Crippen LogP contribution in [0.4, 0.5) is 0 Å². The van der Waals surface area contributed by atoms with Gasteiger partial charge >= 0.3 is 11.9 Å². The standard InChI is InChI=1S/C31H59NO13/c1-3-5-7-28(4-2)31(36)45-27-26-44-25-24-43-23-22-42-21-20-41-19-18-40-17-16-39-15-14-38-13-12-37-11-6-10-32-29(33)8-9-30(34)35/h28H,3-27H2,1-2H3,(H,32,33)(H,34,35). The maximum absolute atomic E-state index is 12.0. The molecule has 2 N–H and O–H groups in total. The normalized spacial score (nSPS) is 11.9. The monoisotopic (exact) mass is 653 g/mol. The van der Waals surface area contributed by atoms with E-state index < -0.39 is 5.97 Å². The number of carbonyl (C=O) groups is 3. The van der Waals surface area contributed by atoms with Crippen molar-refractivity contribution in [1.82, 2.24) is 5.32 Å². The topological polar surface area (TPSA) is 167 Å². The van der Waals surface area contributed by atoms with Crippen molar-refractivity contribution < 1.29 is 62.1 Å². The number of rotatable bonds is 36. The smallest absolute Gasteiger partial charge is 0.308 e. The summed E-state index contributed by atoms with van der Waals surface area (Å²) < 4.78 is 48.8. The molecule has 0 aromatic heterocycles. The Morgan fingerprint density at radius 3 is 1.33 bits per heavy atom. The lowest BCUT2D eigenvalue weighted by Crippen LogP contribution is -2.25. The average molecular weight is 654 g/mol. The van der Waals surface area contributed by atoms with Crippen LogP contribution in [0.3, 0.4) is 0 Å². The predicted octanol–water partition coefficient (Wildman–Crippen LogP) is 2.25. The molecule has 0 fully saturated rings. The first-order chi connectivity index (χ1) is 22.0. The molecule has 0 saturated heterocycles. The van der Waals surface area contributed by atoms with Crippen molar-refractivity contribution in [3.63, 3.8) is 0 Å². The zero-order valence-corrected chi connectivity index (χ0v) is 27.6. The minimum Gasteiger partial charge on any atom is -0.481 e. The molecule has 14 nitrogen and oxygen atoms in total. The number of carboxylic acids is 1. The molecule has 0 aromatic carbocycles. The molecule has 1 unspecified atom stereocenters. The molecule has 0 aromatic rings. The molecule has 0 aliphatic rings. The number of carboxylic acid groups (broad SMARTS) is 1. The average Bonchev–Trinajstić information content (AvgIpc) is 3.03. The van der Waals surface area contributed by atoms with Crippen molar-refractivity contribution in [3.8, 4) is 0 Å². The van der Waals surface area contributed by atoms with Gasteiger partial charge in [0, 0.05) is 19.6 Å². The molecular weight excluding hydrogens is 594 g/mol. The summed E-state index contributed by atoms with van der Waals surface area (Å²) in [5.74, 6) is -1.39. The predicted molar refractivity (Wildman–Crippen MR) is 165 cm³/mol. The minimum atomic E-state index is -0.984. The largest absolute Gasteiger partial charge is 0.481 e. The maximum atomic E-state index is 12.0. The Balaban J connectivity index is 3.19. The second-order valence-electron chi connectivity index (χ2n) is 9.91. The summed E-state index contributed by atoms with van der Waals surface area (Å²) in [4.78, 5) is 33.7. The second kappa shape index (κ2) is 35.0. The van der Waals surface area contributed by atoms with Gasteiger partial charge in [-0.25, -0.2) is 0 Å². The van der Waals surface area contributed by atoms with Gasteiger partial charge in [-0.05, 0) is 19.3 Å². The van der Waals surface area contributed by atoms with E-state index in [9.17, 15) is 14.4 Å². The summed E-state index contributed by atoms with van der Waals surface area (Å²) in [5.41, 5.74) is 0. The van der Waals surface area contributed by atoms with Crippen molar-refractivity contribution in [1.29, 1.82) is 0 Å². The Bertz CT molecular complexity index is 684. The molecule has 14 heteroatoms. The SMILES string of the molecule is CCCCC(CC)C(=O)OCCOCCOCCOCCOCCOCCOCCOCCOCCCNC(=O)CCC(=O)O. The minimum absolute atomic E-state index is 0.0105. The molecule has 0 spiro atoms. The van der Waals surface area contributed by atoms with Gasteiger partial charge in [-0.3, -0.25) is 14.4 Å². The number of hydrogen-bond donors (Lipinski definition) is 2. The number of ether oxygens (including phenoxy) is 9. The van der Waals surface area contributed by atoms with Crippen LogP contribution in [0.1, 0.15) is 58.8 Å². The fourth-order valence-corrected chi connectivity index (χ4v) is 3.61. The summed E-state index contributed by atoms with van der Waals surface area (Å²) in [5, 5.41) is 11.2. The van der Waals surface area contributed by atoms with E-state index in [-0.39, 0.29) is 37.2 Å². The van der Waals surface area contributed by atoms with Crippen molar-refractivity contribution in [3.05, 3.63) is 0 Å².